The van der Waals surface area contributed by atoms with Crippen LogP contribution in [0.3, 0.4) is 0 Å². The van der Waals surface area contributed by atoms with Crippen LogP contribution in [-0.2, 0) is 11.3 Å². The molecule has 0 N–H and O–H groups in total. The van der Waals surface area contributed by atoms with E-state index in [1.54, 1.807) is 0 Å². The quantitative estimate of drug-likeness (QED) is 0.772. The molecule has 1 fully saturated rings. The Balaban J connectivity index is 1.74. The van der Waals surface area contributed by atoms with E-state index < -0.39 is 0 Å². The molecule has 1 aromatic carbocycles. The van der Waals surface area contributed by atoms with Crippen molar-refractivity contribution in [2.24, 2.45) is 5.92 Å². The van der Waals surface area contributed by atoms with Gasteiger partial charge in [0.2, 0.25) is 0 Å². The average Bonchev–Trinajstić information content (AvgIpc) is 2.83. The van der Waals surface area contributed by atoms with Gasteiger partial charge in [-0.15, -0.1) is 0 Å². The molecule has 0 saturated heterocycles. The Morgan fingerprint density at radius 1 is 1.19 bits per heavy atom. The number of rotatable bonds is 4. The van der Waals surface area contributed by atoms with E-state index in [-0.39, 0.29) is 0 Å². The SMILES string of the molecule is N#Cc1ccc(COCC2CCCC2)cc1. The molecule has 1 aliphatic carbocycles. The molecule has 0 unspecified atom stereocenters. The lowest BCUT2D eigenvalue weighted by Gasteiger charge is -2.09. The lowest BCUT2D eigenvalue weighted by atomic mass is 10.1. The second-order valence-corrected chi connectivity index (χ2v) is 4.47. The lowest BCUT2D eigenvalue weighted by Crippen LogP contribution is -2.05. The molecule has 0 atom stereocenters. The van der Waals surface area contributed by atoms with Crippen LogP contribution in [0.25, 0.3) is 0 Å². The first-order chi connectivity index (χ1) is 7.88. The molecule has 0 bridgehead atoms. The first-order valence-electron chi connectivity index (χ1n) is 5.95. The highest BCUT2D eigenvalue weighted by Gasteiger charge is 2.14. The van der Waals surface area contributed by atoms with Gasteiger partial charge in [0.1, 0.15) is 0 Å². The van der Waals surface area contributed by atoms with Crippen molar-refractivity contribution in [3.8, 4) is 6.07 Å². The maximum absolute atomic E-state index is 8.67. The van der Waals surface area contributed by atoms with Crippen LogP contribution in [0.2, 0.25) is 0 Å². The first-order valence-corrected chi connectivity index (χ1v) is 5.95. The van der Waals surface area contributed by atoms with Crippen LogP contribution in [0.1, 0.15) is 36.8 Å². The van der Waals surface area contributed by atoms with Crippen LogP contribution >= 0.6 is 0 Å². The van der Waals surface area contributed by atoms with Gasteiger partial charge in [0, 0.05) is 6.61 Å². The third-order valence-electron chi connectivity index (χ3n) is 3.18. The molecule has 84 valence electrons. The van der Waals surface area contributed by atoms with Crippen molar-refractivity contribution in [1.82, 2.24) is 0 Å². The Labute approximate surface area is 96.9 Å². The summed E-state index contributed by atoms with van der Waals surface area (Å²) in [5, 5.41) is 8.67. The Morgan fingerprint density at radius 3 is 2.50 bits per heavy atom. The number of ether oxygens (including phenoxy) is 1. The molecule has 2 rings (SSSR count). The molecule has 0 radical (unpaired) electrons. The highest BCUT2D eigenvalue weighted by molar-refractivity contribution is 5.31. The van der Waals surface area contributed by atoms with Gasteiger partial charge in [-0.05, 0) is 36.5 Å². The highest BCUT2D eigenvalue weighted by atomic mass is 16.5. The second kappa shape index (κ2) is 5.67. The second-order valence-electron chi connectivity index (χ2n) is 4.47. The molecular formula is C14H17NO. The van der Waals surface area contributed by atoms with Gasteiger partial charge in [0.25, 0.3) is 0 Å². The van der Waals surface area contributed by atoms with Crippen molar-refractivity contribution >= 4 is 0 Å². The van der Waals surface area contributed by atoms with E-state index in [0.717, 1.165) is 18.1 Å². The van der Waals surface area contributed by atoms with Crippen LogP contribution < -0.4 is 0 Å². The van der Waals surface area contributed by atoms with E-state index in [4.69, 9.17) is 10.00 Å². The van der Waals surface area contributed by atoms with Crippen LogP contribution in [0.4, 0.5) is 0 Å². The molecule has 0 aromatic heterocycles. The third kappa shape index (κ3) is 3.08. The first kappa shape index (κ1) is 11.2. The van der Waals surface area contributed by atoms with Crippen LogP contribution in [-0.4, -0.2) is 6.61 Å². The number of nitrogens with zero attached hydrogens (tertiary/aromatic N) is 1. The van der Waals surface area contributed by atoms with Gasteiger partial charge >= 0.3 is 0 Å². The van der Waals surface area contributed by atoms with Crippen molar-refractivity contribution in [2.45, 2.75) is 32.3 Å². The predicted molar refractivity (Wildman–Crippen MR) is 62.8 cm³/mol. The van der Waals surface area contributed by atoms with Crippen molar-refractivity contribution in [3.05, 3.63) is 35.4 Å². The van der Waals surface area contributed by atoms with Gasteiger partial charge in [0.15, 0.2) is 0 Å². The summed E-state index contributed by atoms with van der Waals surface area (Å²) in [5.74, 6) is 0.776. The largest absolute Gasteiger partial charge is 0.376 e. The fraction of sp³-hybridized carbons (Fsp3) is 0.500. The number of benzene rings is 1. The van der Waals surface area contributed by atoms with Crippen LogP contribution in [0.15, 0.2) is 24.3 Å². The molecule has 2 nitrogen and oxygen atoms in total. The van der Waals surface area contributed by atoms with E-state index in [0.29, 0.717) is 12.2 Å². The van der Waals surface area contributed by atoms with Crippen molar-refractivity contribution in [3.63, 3.8) is 0 Å². The smallest absolute Gasteiger partial charge is 0.0991 e. The summed E-state index contributed by atoms with van der Waals surface area (Å²) in [5.41, 5.74) is 1.86. The average molecular weight is 215 g/mol. The monoisotopic (exact) mass is 215 g/mol. The summed E-state index contributed by atoms with van der Waals surface area (Å²) in [6, 6.07) is 9.73. The minimum atomic E-state index is 0.669. The predicted octanol–water partition coefficient (Wildman–Crippen LogP) is 3.27. The summed E-state index contributed by atoms with van der Waals surface area (Å²) < 4.78 is 5.69. The normalized spacial score (nSPS) is 16.2. The van der Waals surface area contributed by atoms with Crippen molar-refractivity contribution in [2.75, 3.05) is 6.61 Å². The maximum Gasteiger partial charge on any atom is 0.0991 e. The zero-order valence-corrected chi connectivity index (χ0v) is 9.48. The Kier molecular flexibility index (Phi) is 3.96. The molecule has 0 aliphatic heterocycles. The molecule has 16 heavy (non-hydrogen) atoms. The summed E-state index contributed by atoms with van der Waals surface area (Å²) in [4.78, 5) is 0. The maximum atomic E-state index is 8.67. The van der Waals surface area contributed by atoms with Crippen molar-refractivity contribution < 1.29 is 4.74 Å². The molecule has 1 aliphatic rings. The van der Waals surface area contributed by atoms with Gasteiger partial charge in [-0.3, -0.25) is 0 Å². The van der Waals surface area contributed by atoms with Gasteiger partial charge in [-0.1, -0.05) is 25.0 Å². The molecule has 0 spiro atoms. The number of hydrogen-bond donors (Lipinski definition) is 0. The molecular weight excluding hydrogens is 198 g/mol. The fourth-order valence-electron chi connectivity index (χ4n) is 2.20. The van der Waals surface area contributed by atoms with Gasteiger partial charge in [0.05, 0.1) is 18.2 Å². The number of hydrogen-bond acceptors (Lipinski definition) is 2. The Hall–Kier alpha value is -1.33. The molecule has 1 aromatic rings. The van der Waals surface area contributed by atoms with Crippen LogP contribution in [0, 0.1) is 17.2 Å². The third-order valence-corrected chi connectivity index (χ3v) is 3.18. The standard InChI is InChI=1S/C14H17NO/c15-9-12-5-7-14(8-6-12)11-16-10-13-3-1-2-4-13/h5-8,13H,1-4,10-11H2. The topological polar surface area (TPSA) is 33.0 Å². The van der Waals surface area contributed by atoms with E-state index >= 15 is 0 Å². The summed E-state index contributed by atoms with van der Waals surface area (Å²) in [6.45, 7) is 1.56. The molecule has 2 heteroatoms. The van der Waals surface area contributed by atoms with E-state index in [1.807, 2.05) is 24.3 Å². The summed E-state index contributed by atoms with van der Waals surface area (Å²) in [7, 11) is 0. The molecule has 1 saturated carbocycles. The summed E-state index contributed by atoms with van der Waals surface area (Å²) >= 11 is 0. The van der Waals surface area contributed by atoms with E-state index in [1.165, 1.54) is 25.7 Å². The summed E-state index contributed by atoms with van der Waals surface area (Å²) in [6.07, 6.45) is 5.39. The van der Waals surface area contributed by atoms with Gasteiger partial charge in [-0.25, -0.2) is 0 Å². The highest BCUT2D eigenvalue weighted by Crippen LogP contribution is 2.24. The molecule has 0 heterocycles. The Bertz CT molecular complexity index is 357. The number of nitriles is 1. The zero-order valence-electron chi connectivity index (χ0n) is 9.48. The van der Waals surface area contributed by atoms with Crippen molar-refractivity contribution in [1.29, 1.82) is 5.26 Å². The Morgan fingerprint density at radius 2 is 1.88 bits per heavy atom. The van der Waals surface area contributed by atoms with Gasteiger partial charge < -0.3 is 4.74 Å². The van der Waals surface area contributed by atoms with Gasteiger partial charge in [-0.2, -0.15) is 5.26 Å². The minimum Gasteiger partial charge on any atom is -0.376 e. The molecule has 0 amide bonds. The zero-order chi connectivity index (χ0) is 11.2. The fourth-order valence-corrected chi connectivity index (χ4v) is 2.20. The van der Waals surface area contributed by atoms with E-state index in [2.05, 4.69) is 6.07 Å². The minimum absolute atomic E-state index is 0.669. The van der Waals surface area contributed by atoms with Crippen LogP contribution in [0.5, 0.6) is 0 Å². The lowest BCUT2D eigenvalue weighted by molar-refractivity contribution is 0.0889. The van der Waals surface area contributed by atoms with E-state index in [9.17, 15) is 0 Å².